The van der Waals surface area contributed by atoms with E-state index in [0.29, 0.717) is 12.5 Å². The van der Waals surface area contributed by atoms with Crippen LogP contribution in [0.1, 0.15) is 22.6 Å². The van der Waals surface area contributed by atoms with Gasteiger partial charge in [0.15, 0.2) is 0 Å². The highest BCUT2D eigenvalue weighted by Crippen LogP contribution is 2.30. The zero-order chi connectivity index (χ0) is 13.9. The molecule has 1 heterocycles. The molecule has 1 aromatic heterocycles. The highest BCUT2D eigenvalue weighted by atomic mass is 32.1. The molecule has 0 bridgehead atoms. The number of nitrogens with two attached hydrogens (primary N) is 1. The van der Waals surface area contributed by atoms with E-state index in [0.717, 1.165) is 6.42 Å². The van der Waals surface area contributed by atoms with Crippen LogP contribution in [-0.4, -0.2) is 6.54 Å². The number of aryl methyl sites for hydroxylation is 1. The molecule has 0 saturated heterocycles. The normalized spacial score (nSPS) is 12.7. The lowest BCUT2D eigenvalue weighted by atomic mass is 9.91. The van der Waals surface area contributed by atoms with E-state index in [-0.39, 0.29) is 0 Å². The Morgan fingerprint density at radius 1 is 1.10 bits per heavy atom. The lowest BCUT2D eigenvalue weighted by molar-refractivity contribution is 0.698. The number of hydrogen-bond donors (Lipinski definition) is 1. The van der Waals surface area contributed by atoms with Gasteiger partial charge in [0.1, 0.15) is 0 Å². The predicted molar refractivity (Wildman–Crippen MR) is 88.5 cm³/mol. The summed E-state index contributed by atoms with van der Waals surface area (Å²) in [6.45, 7) is 2.82. The van der Waals surface area contributed by atoms with Crippen LogP contribution in [0.3, 0.4) is 0 Å². The first-order chi connectivity index (χ1) is 9.78. The summed E-state index contributed by atoms with van der Waals surface area (Å²) in [7, 11) is 0. The first kappa shape index (κ1) is 13.3. The van der Waals surface area contributed by atoms with E-state index in [1.54, 1.807) is 0 Å². The Morgan fingerprint density at radius 2 is 1.95 bits per heavy atom. The van der Waals surface area contributed by atoms with Gasteiger partial charge in [0, 0.05) is 10.6 Å². The Balaban J connectivity index is 1.92. The monoisotopic (exact) mass is 281 g/mol. The van der Waals surface area contributed by atoms with Crippen molar-refractivity contribution in [2.75, 3.05) is 6.54 Å². The average Bonchev–Trinajstić information content (AvgIpc) is 2.88. The van der Waals surface area contributed by atoms with Gasteiger partial charge >= 0.3 is 0 Å². The summed E-state index contributed by atoms with van der Waals surface area (Å²) in [6.07, 6.45) is 1.02. The van der Waals surface area contributed by atoms with Crippen LogP contribution in [0.25, 0.3) is 10.1 Å². The molecule has 3 aromatic rings. The van der Waals surface area contributed by atoms with E-state index in [1.165, 1.54) is 26.8 Å². The number of benzene rings is 2. The van der Waals surface area contributed by atoms with Crippen molar-refractivity contribution >= 4 is 21.4 Å². The number of rotatable bonds is 4. The second-order valence-electron chi connectivity index (χ2n) is 5.31. The van der Waals surface area contributed by atoms with Gasteiger partial charge in [0.25, 0.3) is 0 Å². The minimum Gasteiger partial charge on any atom is -0.330 e. The fraction of sp³-hybridized carbons (Fsp3) is 0.222. The summed E-state index contributed by atoms with van der Waals surface area (Å²) in [5.41, 5.74) is 10.1. The summed E-state index contributed by atoms with van der Waals surface area (Å²) in [6, 6.07) is 17.3. The smallest absolute Gasteiger partial charge is 0.0345 e. The summed E-state index contributed by atoms with van der Waals surface area (Å²) in [5, 5.41) is 3.66. The maximum atomic E-state index is 6.02. The highest BCUT2D eigenvalue weighted by molar-refractivity contribution is 7.17. The maximum Gasteiger partial charge on any atom is 0.0345 e. The summed E-state index contributed by atoms with van der Waals surface area (Å²) >= 11 is 1.82. The molecule has 2 N–H and O–H groups in total. The van der Waals surface area contributed by atoms with Crippen molar-refractivity contribution in [3.8, 4) is 0 Å². The van der Waals surface area contributed by atoms with Gasteiger partial charge in [-0.2, -0.15) is 0 Å². The van der Waals surface area contributed by atoms with Crippen molar-refractivity contribution in [1.82, 2.24) is 0 Å². The molecule has 2 heteroatoms. The van der Waals surface area contributed by atoms with E-state index in [4.69, 9.17) is 5.73 Å². The SMILES string of the molecule is Cc1cccc(C(CN)Cc2csc3ccccc23)c1. The lowest BCUT2D eigenvalue weighted by Crippen LogP contribution is -2.15. The molecule has 2 aromatic carbocycles. The third kappa shape index (κ3) is 2.62. The molecule has 0 aliphatic heterocycles. The minimum atomic E-state index is 0.396. The summed E-state index contributed by atoms with van der Waals surface area (Å²) in [4.78, 5) is 0. The Labute approximate surface area is 124 Å². The van der Waals surface area contributed by atoms with Crippen LogP contribution < -0.4 is 5.73 Å². The van der Waals surface area contributed by atoms with Gasteiger partial charge in [-0.05, 0) is 47.8 Å². The lowest BCUT2D eigenvalue weighted by Gasteiger charge is -2.15. The summed E-state index contributed by atoms with van der Waals surface area (Å²) < 4.78 is 1.36. The minimum absolute atomic E-state index is 0.396. The van der Waals surface area contributed by atoms with Crippen LogP contribution in [0, 0.1) is 6.92 Å². The third-order valence-corrected chi connectivity index (χ3v) is 4.84. The van der Waals surface area contributed by atoms with E-state index in [1.807, 2.05) is 11.3 Å². The second-order valence-corrected chi connectivity index (χ2v) is 6.22. The fourth-order valence-corrected chi connectivity index (χ4v) is 3.69. The standard InChI is InChI=1S/C18H19NS/c1-13-5-4-6-14(9-13)15(11-19)10-16-12-20-18-8-3-2-7-17(16)18/h2-9,12,15H,10-11,19H2,1H3. The fourth-order valence-electron chi connectivity index (χ4n) is 2.72. The zero-order valence-corrected chi connectivity index (χ0v) is 12.5. The van der Waals surface area contributed by atoms with Crippen LogP contribution in [0.2, 0.25) is 0 Å². The van der Waals surface area contributed by atoms with Gasteiger partial charge in [0.05, 0.1) is 0 Å². The Morgan fingerprint density at radius 3 is 2.75 bits per heavy atom. The molecule has 0 fully saturated rings. The largest absolute Gasteiger partial charge is 0.330 e. The van der Waals surface area contributed by atoms with Crippen LogP contribution in [0.15, 0.2) is 53.9 Å². The van der Waals surface area contributed by atoms with Gasteiger partial charge < -0.3 is 5.73 Å². The maximum absolute atomic E-state index is 6.02. The van der Waals surface area contributed by atoms with Crippen LogP contribution in [-0.2, 0) is 6.42 Å². The van der Waals surface area contributed by atoms with Crippen molar-refractivity contribution in [3.63, 3.8) is 0 Å². The van der Waals surface area contributed by atoms with Crippen molar-refractivity contribution in [2.45, 2.75) is 19.3 Å². The first-order valence-electron chi connectivity index (χ1n) is 6.99. The summed E-state index contributed by atoms with van der Waals surface area (Å²) in [5.74, 6) is 0.396. The van der Waals surface area contributed by atoms with Crippen molar-refractivity contribution < 1.29 is 0 Å². The Bertz CT molecular complexity index is 714. The van der Waals surface area contributed by atoms with Crippen LogP contribution in [0.5, 0.6) is 0 Å². The topological polar surface area (TPSA) is 26.0 Å². The molecule has 20 heavy (non-hydrogen) atoms. The molecular weight excluding hydrogens is 262 g/mol. The molecular formula is C18H19NS. The predicted octanol–water partition coefficient (Wildman–Crippen LogP) is 4.49. The van der Waals surface area contributed by atoms with Gasteiger partial charge in [0.2, 0.25) is 0 Å². The third-order valence-electron chi connectivity index (χ3n) is 3.83. The van der Waals surface area contributed by atoms with Crippen molar-refractivity contribution in [1.29, 1.82) is 0 Å². The molecule has 1 unspecified atom stereocenters. The molecule has 1 nitrogen and oxygen atoms in total. The van der Waals surface area contributed by atoms with Crippen LogP contribution >= 0.6 is 11.3 Å². The molecule has 1 atom stereocenters. The quantitative estimate of drug-likeness (QED) is 0.749. The molecule has 102 valence electrons. The first-order valence-corrected chi connectivity index (χ1v) is 7.87. The highest BCUT2D eigenvalue weighted by Gasteiger charge is 2.13. The van der Waals surface area contributed by atoms with E-state index < -0.39 is 0 Å². The Hall–Kier alpha value is -1.64. The Kier molecular flexibility index (Phi) is 3.86. The molecule has 0 spiro atoms. The number of hydrogen-bond acceptors (Lipinski definition) is 2. The zero-order valence-electron chi connectivity index (χ0n) is 11.7. The molecule has 3 rings (SSSR count). The van der Waals surface area contributed by atoms with E-state index in [2.05, 4.69) is 60.8 Å². The molecule has 0 aliphatic carbocycles. The molecule has 0 aliphatic rings. The van der Waals surface area contributed by atoms with Crippen molar-refractivity contribution in [3.05, 3.63) is 70.6 Å². The van der Waals surface area contributed by atoms with E-state index in [9.17, 15) is 0 Å². The van der Waals surface area contributed by atoms with Gasteiger partial charge in [-0.1, -0.05) is 48.0 Å². The van der Waals surface area contributed by atoms with Crippen molar-refractivity contribution in [2.24, 2.45) is 5.73 Å². The van der Waals surface area contributed by atoms with Gasteiger partial charge in [-0.25, -0.2) is 0 Å². The van der Waals surface area contributed by atoms with E-state index >= 15 is 0 Å². The number of fused-ring (bicyclic) bond motifs is 1. The molecule has 0 radical (unpaired) electrons. The second kappa shape index (κ2) is 5.78. The number of thiophene rings is 1. The van der Waals surface area contributed by atoms with Gasteiger partial charge in [-0.15, -0.1) is 11.3 Å². The van der Waals surface area contributed by atoms with Crippen LogP contribution in [0.4, 0.5) is 0 Å². The molecule has 0 saturated carbocycles. The molecule has 0 amide bonds. The van der Waals surface area contributed by atoms with Gasteiger partial charge in [-0.3, -0.25) is 0 Å². The average molecular weight is 281 g/mol.